The van der Waals surface area contributed by atoms with Gasteiger partial charge in [0.15, 0.2) is 0 Å². The van der Waals surface area contributed by atoms with Crippen LogP contribution in [-0.4, -0.2) is 10.2 Å². The first-order valence-electron chi connectivity index (χ1n) is 6.62. The van der Waals surface area contributed by atoms with Gasteiger partial charge in [-0.25, -0.2) is 0 Å². The first-order valence-corrected chi connectivity index (χ1v) is 7.20. The van der Waals surface area contributed by atoms with Crippen molar-refractivity contribution < 1.29 is 10.2 Å². The molecule has 0 aliphatic carbocycles. The van der Waals surface area contributed by atoms with Crippen LogP contribution < -0.4 is 5.30 Å². The summed E-state index contributed by atoms with van der Waals surface area (Å²) in [5, 5.41) is 20.0. The van der Waals surface area contributed by atoms with Crippen molar-refractivity contribution in [3.63, 3.8) is 0 Å². The third-order valence-corrected chi connectivity index (χ3v) is 3.91. The Labute approximate surface area is 142 Å². The van der Waals surface area contributed by atoms with Crippen LogP contribution in [0.1, 0.15) is 0 Å². The third-order valence-electron chi connectivity index (χ3n) is 3.43. The molecule has 1 unspecified atom stereocenters. The predicted molar refractivity (Wildman–Crippen MR) is 100 cm³/mol. The summed E-state index contributed by atoms with van der Waals surface area (Å²) in [5.41, 5.74) is 4.28. The Morgan fingerprint density at radius 1 is 0.636 bits per heavy atom. The lowest BCUT2D eigenvalue weighted by Gasteiger charge is -2.13. The smallest absolute Gasteiger partial charge is 0.115 e. The minimum atomic E-state index is 0. The van der Waals surface area contributed by atoms with E-state index in [0.717, 1.165) is 27.6 Å². The second kappa shape index (κ2) is 6.95. The fourth-order valence-corrected chi connectivity index (χ4v) is 2.84. The summed E-state index contributed by atoms with van der Waals surface area (Å²) in [6, 6.07) is 20.5. The van der Waals surface area contributed by atoms with Gasteiger partial charge < -0.3 is 10.2 Å². The topological polar surface area (TPSA) is 40.5 Å². The molecule has 0 amide bonds. The summed E-state index contributed by atoms with van der Waals surface area (Å²) in [5.74, 6) is 0.512. The van der Waals surface area contributed by atoms with E-state index >= 15 is 0 Å². The van der Waals surface area contributed by atoms with Crippen molar-refractivity contribution in [2.24, 2.45) is 0 Å². The predicted octanol–water partition coefficient (Wildman–Crippen LogP) is 4.51. The molecule has 0 aliphatic rings. The number of halogens is 1. The molecule has 0 radical (unpaired) electrons. The molecule has 0 aliphatic heterocycles. The lowest BCUT2D eigenvalue weighted by molar-refractivity contribution is 0.475. The number of hydrogen-bond donors (Lipinski definition) is 2. The van der Waals surface area contributed by atoms with Gasteiger partial charge in [0.1, 0.15) is 11.5 Å². The quantitative estimate of drug-likeness (QED) is 0.647. The Hall–Kier alpha value is -1.83. The Kier molecular flexibility index (Phi) is 5.23. The Morgan fingerprint density at radius 3 is 1.68 bits per heavy atom. The molecule has 2 N–H and O–H groups in total. The number of benzene rings is 3. The zero-order valence-corrected chi connectivity index (χ0v) is 14.6. The monoisotopic (exact) mass is 374 g/mol. The van der Waals surface area contributed by atoms with Crippen LogP contribution in [0.4, 0.5) is 0 Å². The summed E-state index contributed by atoms with van der Waals surface area (Å²) < 4.78 is 0. The molecule has 1 atom stereocenters. The van der Waals surface area contributed by atoms with Gasteiger partial charge in [-0.3, -0.25) is 0 Å². The van der Waals surface area contributed by atoms with Crippen LogP contribution in [0.5, 0.6) is 11.5 Å². The van der Waals surface area contributed by atoms with Crippen LogP contribution in [0.25, 0.3) is 22.3 Å². The first-order chi connectivity index (χ1) is 10.1. The number of phenolic OH excluding ortho intramolecular Hbond substituents is 2. The molecular weight excluding hydrogens is 359 g/mol. The number of rotatable bonds is 2. The fraction of sp³-hybridized carbons (Fsp3) is 0. The van der Waals surface area contributed by atoms with Crippen molar-refractivity contribution >= 4 is 31.5 Å². The van der Waals surface area contributed by atoms with E-state index in [1.807, 2.05) is 36.4 Å². The summed E-state index contributed by atoms with van der Waals surface area (Å²) in [7, 11) is 2.75. The normalized spacial score (nSPS) is 10.0. The third kappa shape index (κ3) is 3.32. The fourth-order valence-electron chi connectivity index (χ4n) is 2.40. The molecule has 3 aromatic carbocycles. The summed E-state index contributed by atoms with van der Waals surface area (Å²) >= 11 is 0. The SMILES string of the molecule is Br.Oc1ccc(-c2cccc(P)c2-c2ccc(O)cc2)cc1. The molecular formula is C18H16BrO2P. The van der Waals surface area contributed by atoms with E-state index in [4.69, 9.17) is 0 Å². The number of aromatic hydroxyl groups is 2. The number of hydrogen-bond acceptors (Lipinski definition) is 2. The van der Waals surface area contributed by atoms with Crippen molar-refractivity contribution in [3.8, 4) is 33.8 Å². The van der Waals surface area contributed by atoms with E-state index in [-0.39, 0.29) is 28.5 Å². The maximum Gasteiger partial charge on any atom is 0.115 e. The molecule has 112 valence electrons. The highest BCUT2D eigenvalue weighted by atomic mass is 79.9. The van der Waals surface area contributed by atoms with Crippen molar-refractivity contribution in [1.82, 2.24) is 0 Å². The summed E-state index contributed by atoms with van der Waals surface area (Å²) in [6.07, 6.45) is 0. The first kappa shape index (κ1) is 16.5. The van der Waals surface area contributed by atoms with E-state index in [1.54, 1.807) is 24.3 Å². The molecule has 3 aromatic rings. The highest BCUT2D eigenvalue weighted by Crippen LogP contribution is 2.33. The highest BCUT2D eigenvalue weighted by molar-refractivity contribution is 8.93. The van der Waals surface area contributed by atoms with E-state index < -0.39 is 0 Å². The number of phenols is 2. The standard InChI is InChI=1S/C18H15O2P.BrH/c19-14-8-4-12(5-9-14)16-2-1-3-17(21)18(16)13-6-10-15(20)11-7-13;/h1-11,19-20H,21H2;1H. The zero-order chi connectivity index (χ0) is 14.8. The van der Waals surface area contributed by atoms with Gasteiger partial charge in [0.2, 0.25) is 0 Å². The maximum absolute atomic E-state index is 9.46. The Balaban J connectivity index is 0.00000176. The minimum Gasteiger partial charge on any atom is -0.508 e. The van der Waals surface area contributed by atoms with Crippen LogP contribution in [0, 0.1) is 0 Å². The minimum absolute atomic E-state index is 0. The molecule has 22 heavy (non-hydrogen) atoms. The van der Waals surface area contributed by atoms with Crippen molar-refractivity contribution in [3.05, 3.63) is 66.7 Å². The van der Waals surface area contributed by atoms with E-state index in [9.17, 15) is 10.2 Å². The highest BCUT2D eigenvalue weighted by Gasteiger charge is 2.10. The van der Waals surface area contributed by atoms with Gasteiger partial charge in [-0.15, -0.1) is 26.2 Å². The van der Waals surface area contributed by atoms with Crippen LogP contribution in [0.15, 0.2) is 66.7 Å². The van der Waals surface area contributed by atoms with E-state index in [0.29, 0.717) is 0 Å². The molecule has 0 fully saturated rings. The lowest BCUT2D eigenvalue weighted by Crippen LogP contribution is -1.99. The average molecular weight is 375 g/mol. The van der Waals surface area contributed by atoms with Crippen molar-refractivity contribution in [1.29, 1.82) is 0 Å². The maximum atomic E-state index is 9.46. The molecule has 0 saturated heterocycles. The molecule has 0 saturated carbocycles. The molecule has 3 rings (SSSR count). The van der Waals surface area contributed by atoms with E-state index in [2.05, 4.69) is 15.3 Å². The average Bonchev–Trinajstić information content (AvgIpc) is 2.49. The molecule has 2 nitrogen and oxygen atoms in total. The Morgan fingerprint density at radius 2 is 1.14 bits per heavy atom. The summed E-state index contributed by atoms with van der Waals surface area (Å²) in [6.45, 7) is 0. The Bertz CT molecular complexity index is 768. The summed E-state index contributed by atoms with van der Waals surface area (Å²) in [4.78, 5) is 0. The second-order valence-electron chi connectivity index (χ2n) is 4.86. The van der Waals surface area contributed by atoms with Gasteiger partial charge in [0, 0.05) is 0 Å². The molecule has 0 bridgehead atoms. The van der Waals surface area contributed by atoms with Gasteiger partial charge in [0.05, 0.1) is 0 Å². The van der Waals surface area contributed by atoms with Crippen LogP contribution in [0.3, 0.4) is 0 Å². The van der Waals surface area contributed by atoms with Gasteiger partial charge >= 0.3 is 0 Å². The van der Waals surface area contributed by atoms with Crippen LogP contribution in [0.2, 0.25) is 0 Å². The van der Waals surface area contributed by atoms with Gasteiger partial charge in [0.25, 0.3) is 0 Å². The molecule has 0 heterocycles. The molecule has 4 heteroatoms. The second-order valence-corrected chi connectivity index (χ2v) is 5.49. The van der Waals surface area contributed by atoms with Crippen molar-refractivity contribution in [2.75, 3.05) is 0 Å². The molecule has 0 spiro atoms. The van der Waals surface area contributed by atoms with Crippen LogP contribution in [-0.2, 0) is 0 Å². The zero-order valence-electron chi connectivity index (χ0n) is 11.7. The van der Waals surface area contributed by atoms with Gasteiger partial charge in [-0.05, 0) is 51.8 Å². The van der Waals surface area contributed by atoms with Gasteiger partial charge in [-0.2, -0.15) is 0 Å². The van der Waals surface area contributed by atoms with Crippen molar-refractivity contribution in [2.45, 2.75) is 0 Å². The molecule has 0 aromatic heterocycles. The van der Waals surface area contributed by atoms with Gasteiger partial charge in [-0.1, -0.05) is 42.5 Å². The largest absolute Gasteiger partial charge is 0.508 e. The van der Waals surface area contributed by atoms with Crippen LogP contribution >= 0.6 is 26.2 Å². The lowest BCUT2D eigenvalue weighted by atomic mass is 9.94. The van der Waals surface area contributed by atoms with E-state index in [1.165, 1.54) is 0 Å².